The monoisotopic (exact) mass is 506 g/mol. The number of aryl methyl sites for hydroxylation is 1. The van der Waals surface area contributed by atoms with E-state index in [1.165, 1.54) is 6.07 Å². The molecule has 37 heavy (non-hydrogen) atoms. The second kappa shape index (κ2) is 10.5. The molecule has 0 unspecified atom stereocenters. The Balaban J connectivity index is 1.82. The summed E-state index contributed by atoms with van der Waals surface area (Å²) < 4.78 is 16.1. The van der Waals surface area contributed by atoms with Crippen molar-refractivity contribution in [1.82, 2.24) is 5.32 Å². The largest absolute Gasteiger partial charge is 0.493 e. The fourth-order valence-corrected chi connectivity index (χ4v) is 5.20. The van der Waals surface area contributed by atoms with E-state index in [2.05, 4.69) is 5.32 Å². The zero-order valence-electron chi connectivity index (χ0n) is 21.5. The van der Waals surface area contributed by atoms with Crippen molar-refractivity contribution in [2.75, 3.05) is 20.8 Å². The molecular weight excluding hydrogens is 476 g/mol. The predicted octanol–water partition coefficient (Wildman–Crippen LogP) is 4.85. The first-order valence-electron chi connectivity index (χ1n) is 12.1. The molecule has 0 saturated heterocycles. The molecule has 194 valence electrons. The van der Waals surface area contributed by atoms with Crippen molar-refractivity contribution in [3.8, 4) is 11.5 Å². The lowest BCUT2D eigenvalue weighted by molar-refractivity contribution is -0.385. The van der Waals surface area contributed by atoms with Crippen LogP contribution in [0.1, 0.15) is 55.2 Å². The summed E-state index contributed by atoms with van der Waals surface area (Å²) in [6.07, 6.45) is 0.740. The van der Waals surface area contributed by atoms with Gasteiger partial charge >= 0.3 is 5.97 Å². The van der Waals surface area contributed by atoms with Gasteiger partial charge in [0.15, 0.2) is 17.3 Å². The van der Waals surface area contributed by atoms with Crippen molar-refractivity contribution in [3.63, 3.8) is 0 Å². The summed E-state index contributed by atoms with van der Waals surface area (Å²) in [6, 6.07) is 10.4. The van der Waals surface area contributed by atoms with Gasteiger partial charge in [-0.2, -0.15) is 0 Å². The zero-order valence-corrected chi connectivity index (χ0v) is 21.5. The molecule has 0 spiro atoms. The number of allylic oxidation sites excluding steroid dienone is 3. The molecule has 9 heteroatoms. The van der Waals surface area contributed by atoms with Crippen LogP contribution in [0.25, 0.3) is 0 Å². The molecule has 0 amide bonds. The van der Waals surface area contributed by atoms with E-state index in [0.717, 1.165) is 5.56 Å². The number of ketones is 1. The van der Waals surface area contributed by atoms with E-state index in [9.17, 15) is 19.7 Å². The third-order valence-electron chi connectivity index (χ3n) is 6.97. The van der Waals surface area contributed by atoms with Gasteiger partial charge in [0.05, 0.1) is 31.3 Å². The van der Waals surface area contributed by atoms with Gasteiger partial charge in [-0.1, -0.05) is 18.2 Å². The lowest BCUT2D eigenvalue weighted by Gasteiger charge is -2.36. The number of methoxy groups -OCH3 is 2. The minimum Gasteiger partial charge on any atom is -0.493 e. The molecule has 1 aliphatic heterocycles. The molecule has 2 aromatic carbocycles. The first-order valence-corrected chi connectivity index (χ1v) is 12.1. The van der Waals surface area contributed by atoms with E-state index in [0.29, 0.717) is 46.0 Å². The van der Waals surface area contributed by atoms with Crippen molar-refractivity contribution < 1.29 is 28.7 Å². The highest BCUT2D eigenvalue weighted by Gasteiger charge is 2.42. The second-order valence-electron chi connectivity index (χ2n) is 9.16. The molecule has 0 saturated carbocycles. The average Bonchev–Trinajstić information content (AvgIpc) is 2.87. The van der Waals surface area contributed by atoms with Crippen molar-refractivity contribution in [2.24, 2.45) is 0 Å². The molecule has 0 fully saturated rings. The van der Waals surface area contributed by atoms with Gasteiger partial charge in [-0.05, 0) is 56.4 Å². The van der Waals surface area contributed by atoms with Crippen molar-refractivity contribution in [2.45, 2.75) is 45.4 Å². The number of nitrogens with zero attached hydrogens (tertiary/aromatic N) is 1. The maximum absolute atomic E-state index is 13.7. The Morgan fingerprint density at radius 3 is 2.41 bits per heavy atom. The molecule has 2 aliphatic rings. The highest BCUT2D eigenvalue weighted by molar-refractivity contribution is 6.04. The molecular formula is C28H30N2O7. The fraction of sp³-hybridized carbons (Fsp3) is 0.357. The number of nitro groups is 1. The Bertz CT molecular complexity index is 1340. The van der Waals surface area contributed by atoms with Gasteiger partial charge < -0.3 is 19.5 Å². The van der Waals surface area contributed by atoms with Gasteiger partial charge in [-0.25, -0.2) is 4.79 Å². The molecule has 0 aromatic heterocycles. The van der Waals surface area contributed by atoms with Crippen LogP contribution in [0.3, 0.4) is 0 Å². The smallest absolute Gasteiger partial charge is 0.336 e. The Hall–Kier alpha value is -4.14. The lowest BCUT2D eigenvalue weighted by Crippen LogP contribution is -2.36. The summed E-state index contributed by atoms with van der Waals surface area (Å²) in [5.74, 6) is -0.396. The zero-order chi connectivity index (χ0) is 26.9. The number of rotatable bonds is 7. The highest BCUT2D eigenvalue weighted by Crippen LogP contribution is 2.47. The highest BCUT2D eigenvalue weighted by atomic mass is 16.6. The predicted molar refractivity (Wildman–Crippen MR) is 137 cm³/mol. The minimum absolute atomic E-state index is 0.0643. The number of dihydropyridines is 1. The third kappa shape index (κ3) is 4.81. The van der Waals surface area contributed by atoms with Crippen LogP contribution < -0.4 is 14.8 Å². The van der Waals surface area contributed by atoms with E-state index >= 15 is 0 Å². The fourth-order valence-electron chi connectivity index (χ4n) is 5.20. The van der Waals surface area contributed by atoms with Crippen molar-refractivity contribution in [1.29, 1.82) is 0 Å². The number of carbonyl (C=O) groups is 2. The summed E-state index contributed by atoms with van der Waals surface area (Å²) in [6.45, 7) is 5.29. The topological polar surface area (TPSA) is 117 Å². The summed E-state index contributed by atoms with van der Waals surface area (Å²) in [7, 11) is 3.13. The number of hydrogen-bond acceptors (Lipinski definition) is 8. The van der Waals surface area contributed by atoms with E-state index in [-0.39, 0.29) is 36.0 Å². The van der Waals surface area contributed by atoms with Gasteiger partial charge in [0, 0.05) is 40.9 Å². The summed E-state index contributed by atoms with van der Waals surface area (Å²) in [5, 5.41) is 15.0. The van der Waals surface area contributed by atoms with E-state index in [4.69, 9.17) is 14.2 Å². The number of ether oxygens (including phenoxy) is 3. The van der Waals surface area contributed by atoms with Crippen LogP contribution >= 0.6 is 0 Å². The van der Waals surface area contributed by atoms with Crippen LogP contribution in [0, 0.1) is 17.0 Å². The number of carbonyl (C=O) groups excluding carboxylic acids is 2. The number of hydrogen-bond donors (Lipinski definition) is 1. The molecule has 1 N–H and O–H groups in total. The van der Waals surface area contributed by atoms with Gasteiger partial charge in [-0.15, -0.1) is 0 Å². The molecule has 0 bridgehead atoms. The normalized spacial score (nSPS) is 19.2. The van der Waals surface area contributed by atoms with E-state index in [1.807, 2.05) is 18.2 Å². The van der Waals surface area contributed by atoms with Crippen LogP contribution in [0.15, 0.2) is 58.9 Å². The van der Waals surface area contributed by atoms with Crippen LogP contribution in [0.4, 0.5) is 5.69 Å². The summed E-state index contributed by atoms with van der Waals surface area (Å²) in [4.78, 5) is 38.0. The van der Waals surface area contributed by atoms with Gasteiger partial charge in [0.2, 0.25) is 0 Å². The molecule has 2 atom stereocenters. The Labute approximate surface area is 215 Å². The Morgan fingerprint density at radius 1 is 1.05 bits per heavy atom. The summed E-state index contributed by atoms with van der Waals surface area (Å²) >= 11 is 0. The van der Waals surface area contributed by atoms with Crippen molar-refractivity contribution >= 4 is 17.4 Å². The summed E-state index contributed by atoms with van der Waals surface area (Å²) in [5.41, 5.74) is 3.87. The first kappa shape index (κ1) is 25.9. The van der Waals surface area contributed by atoms with Gasteiger partial charge in [-0.3, -0.25) is 14.9 Å². The van der Waals surface area contributed by atoms with Gasteiger partial charge in [0.1, 0.15) is 0 Å². The number of Topliss-reactive ketones (excluding diaryl/α,β-unsaturated/α-hetero) is 1. The lowest BCUT2D eigenvalue weighted by atomic mass is 9.71. The quantitative estimate of drug-likeness (QED) is 0.322. The Morgan fingerprint density at radius 2 is 1.76 bits per heavy atom. The van der Waals surface area contributed by atoms with E-state index in [1.54, 1.807) is 47.1 Å². The maximum atomic E-state index is 13.7. The third-order valence-corrected chi connectivity index (χ3v) is 6.97. The molecule has 4 rings (SSSR count). The molecule has 1 heterocycles. The number of benzene rings is 2. The van der Waals surface area contributed by atoms with Gasteiger partial charge in [0.25, 0.3) is 5.69 Å². The molecule has 0 radical (unpaired) electrons. The van der Waals surface area contributed by atoms with Crippen LogP contribution in [0.5, 0.6) is 11.5 Å². The Kier molecular flexibility index (Phi) is 7.33. The number of esters is 1. The number of nitrogens with one attached hydrogen (secondary N) is 1. The second-order valence-corrected chi connectivity index (χ2v) is 9.16. The van der Waals surface area contributed by atoms with Crippen LogP contribution in [-0.4, -0.2) is 37.5 Å². The molecule has 2 aromatic rings. The van der Waals surface area contributed by atoms with E-state index < -0.39 is 16.8 Å². The molecule has 9 nitrogen and oxygen atoms in total. The molecule has 1 aliphatic carbocycles. The van der Waals surface area contributed by atoms with Crippen LogP contribution in [0.2, 0.25) is 0 Å². The standard InChI is InChI=1S/C28H30N2O7/c1-6-37-28(32)25-16(3)29-20-11-19(17-9-10-23(35-4)24(14-17)36-5)13-22(31)27(20)26(25)18-8-7-15(2)21(12-18)30(33)34/h7-10,12,14,19,26,29H,6,11,13H2,1-5H3/t19-,26+/m1/s1. The van der Waals surface area contributed by atoms with Crippen molar-refractivity contribution in [3.05, 3.63) is 85.7 Å². The SMILES string of the molecule is CCOC(=O)C1=C(C)NC2=C(C(=O)C[C@H](c3ccc(OC)c(OC)c3)C2)[C@H]1c1ccc(C)c([N+](=O)[O-])c1. The average molecular weight is 507 g/mol. The van der Waals surface area contributed by atoms with Crippen LogP contribution in [-0.2, 0) is 14.3 Å². The number of nitro benzene ring substituents is 1. The first-order chi connectivity index (χ1) is 17.7. The minimum atomic E-state index is -0.770. The maximum Gasteiger partial charge on any atom is 0.336 e.